The highest BCUT2D eigenvalue weighted by atomic mass is 79.9. The summed E-state index contributed by atoms with van der Waals surface area (Å²) in [4.78, 5) is 16.0. The number of carbonyl (C=O) groups is 1. The standard InChI is InChI=1S/C10H20BrNO2/c1-12(14-2)10(13)8-6-4-3-5-7-9-11/h3-9H2,1-2H3. The summed E-state index contributed by atoms with van der Waals surface area (Å²) >= 11 is 3.39. The van der Waals surface area contributed by atoms with Crippen LogP contribution in [-0.2, 0) is 9.63 Å². The fraction of sp³-hybridized carbons (Fsp3) is 0.900. The van der Waals surface area contributed by atoms with Crippen molar-refractivity contribution in [1.29, 1.82) is 0 Å². The van der Waals surface area contributed by atoms with Crippen molar-refractivity contribution in [3.63, 3.8) is 0 Å². The van der Waals surface area contributed by atoms with E-state index in [2.05, 4.69) is 15.9 Å². The van der Waals surface area contributed by atoms with E-state index in [4.69, 9.17) is 4.84 Å². The van der Waals surface area contributed by atoms with Gasteiger partial charge in [-0.3, -0.25) is 9.63 Å². The van der Waals surface area contributed by atoms with Gasteiger partial charge in [0, 0.05) is 18.8 Å². The van der Waals surface area contributed by atoms with Gasteiger partial charge in [0.15, 0.2) is 0 Å². The maximum Gasteiger partial charge on any atom is 0.245 e. The van der Waals surface area contributed by atoms with Crippen molar-refractivity contribution in [3.05, 3.63) is 0 Å². The van der Waals surface area contributed by atoms with Crippen molar-refractivity contribution in [2.24, 2.45) is 0 Å². The molecule has 0 N–H and O–H groups in total. The average molecular weight is 266 g/mol. The lowest BCUT2D eigenvalue weighted by Gasteiger charge is -2.12. The highest BCUT2D eigenvalue weighted by molar-refractivity contribution is 9.09. The summed E-state index contributed by atoms with van der Waals surface area (Å²) in [6.07, 6.45) is 6.39. The average Bonchev–Trinajstić information content (AvgIpc) is 2.21. The summed E-state index contributed by atoms with van der Waals surface area (Å²) in [5, 5.41) is 2.37. The zero-order valence-corrected chi connectivity index (χ0v) is 10.7. The quantitative estimate of drug-likeness (QED) is 0.384. The number of nitrogens with zero attached hydrogens (tertiary/aromatic N) is 1. The van der Waals surface area contributed by atoms with E-state index in [9.17, 15) is 4.79 Å². The minimum Gasteiger partial charge on any atom is -0.275 e. The Morgan fingerprint density at radius 2 is 1.79 bits per heavy atom. The van der Waals surface area contributed by atoms with Gasteiger partial charge >= 0.3 is 0 Å². The molecule has 3 nitrogen and oxygen atoms in total. The predicted molar refractivity (Wildman–Crippen MR) is 61.3 cm³/mol. The van der Waals surface area contributed by atoms with Crippen molar-refractivity contribution in [2.75, 3.05) is 19.5 Å². The van der Waals surface area contributed by atoms with Crippen molar-refractivity contribution in [2.45, 2.75) is 38.5 Å². The van der Waals surface area contributed by atoms with Crippen LogP contribution in [0.1, 0.15) is 38.5 Å². The SMILES string of the molecule is CON(C)C(=O)CCCCCCCBr. The first-order chi connectivity index (χ1) is 6.72. The predicted octanol–water partition coefficient (Wildman–Crippen LogP) is 2.74. The lowest BCUT2D eigenvalue weighted by molar-refractivity contribution is -0.168. The van der Waals surface area contributed by atoms with Crippen LogP contribution >= 0.6 is 15.9 Å². The van der Waals surface area contributed by atoms with Crippen molar-refractivity contribution >= 4 is 21.8 Å². The molecule has 0 unspecified atom stereocenters. The van der Waals surface area contributed by atoms with Crippen LogP contribution in [0.5, 0.6) is 0 Å². The van der Waals surface area contributed by atoms with E-state index in [0.29, 0.717) is 6.42 Å². The number of hydrogen-bond acceptors (Lipinski definition) is 2. The summed E-state index contributed by atoms with van der Waals surface area (Å²) in [7, 11) is 3.15. The molecule has 0 aromatic carbocycles. The van der Waals surface area contributed by atoms with E-state index in [0.717, 1.165) is 18.2 Å². The lowest BCUT2D eigenvalue weighted by atomic mass is 10.1. The second kappa shape index (κ2) is 9.46. The number of amides is 1. The molecule has 0 saturated carbocycles. The van der Waals surface area contributed by atoms with Gasteiger partial charge in [-0.05, 0) is 12.8 Å². The molecule has 0 bridgehead atoms. The number of hydroxylamine groups is 2. The summed E-state index contributed by atoms with van der Waals surface area (Å²) in [6.45, 7) is 0. The molecule has 0 atom stereocenters. The molecule has 14 heavy (non-hydrogen) atoms. The molecule has 4 heteroatoms. The minimum atomic E-state index is 0.0630. The molecule has 0 aromatic heterocycles. The first kappa shape index (κ1) is 13.9. The molecule has 0 heterocycles. The Labute approximate surface area is 94.9 Å². The molecule has 84 valence electrons. The second-order valence-electron chi connectivity index (χ2n) is 3.28. The summed E-state index contributed by atoms with van der Waals surface area (Å²) in [6, 6.07) is 0. The first-order valence-corrected chi connectivity index (χ1v) is 6.21. The van der Waals surface area contributed by atoms with E-state index < -0.39 is 0 Å². The Balaban J connectivity index is 3.23. The highest BCUT2D eigenvalue weighted by Gasteiger charge is 2.06. The van der Waals surface area contributed by atoms with E-state index in [-0.39, 0.29) is 5.91 Å². The number of rotatable bonds is 8. The Bertz CT molecular complexity index is 153. The van der Waals surface area contributed by atoms with Crippen molar-refractivity contribution in [3.8, 4) is 0 Å². The number of unbranched alkanes of at least 4 members (excludes halogenated alkanes) is 4. The molecule has 0 rings (SSSR count). The molecule has 0 aliphatic heterocycles. The molecule has 0 aromatic rings. The highest BCUT2D eigenvalue weighted by Crippen LogP contribution is 2.07. The molecular formula is C10H20BrNO2. The fourth-order valence-corrected chi connectivity index (χ4v) is 1.56. The molecule has 1 amide bonds. The molecule has 0 fully saturated rings. The minimum absolute atomic E-state index is 0.0630. The number of carbonyl (C=O) groups excluding carboxylic acids is 1. The monoisotopic (exact) mass is 265 g/mol. The van der Waals surface area contributed by atoms with Gasteiger partial charge in [0.1, 0.15) is 0 Å². The van der Waals surface area contributed by atoms with Crippen molar-refractivity contribution in [1.82, 2.24) is 5.06 Å². The molecule has 0 saturated heterocycles. The van der Waals surface area contributed by atoms with E-state index in [1.54, 1.807) is 7.05 Å². The smallest absolute Gasteiger partial charge is 0.245 e. The van der Waals surface area contributed by atoms with E-state index >= 15 is 0 Å². The van der Waals surface area contributed by atoms with Gasteiger partial charge in [-0.2, -0.15) is 0 Å². The Kier molecular flexibility index (Phi) is 9.40. The van der Waals surface area contributed by atoms with Gasteiger partial charge in [0.2, 0.25) is 5.91 Å². The van der Waals surface area contributed by atoms with Gasteiger partial charge < -0.3 is 0 Å². The van der Waals surface area contributed by atoms with Crippen LogP contribution in [0, 0.1) is 0 Å². The second-order valence-corrected chi connectivity index (χ2v) is 4.07. The topological polar surface area (TPSA) is 29.5 Å². The molecule has 0 aliphatic carbocycles. The molecule has 0 radical (unpaired) electrons. The lowest BCUT2D eigenvalue weighted by Crippen LogP contribution is -2.24. The van der Waals surface area contributed by atoms with Crippen LogP contribution in [0.25, 0.3) is 0 Å². The molecule has 0 spiro atoms. The van der Waals surface area contributed by atoms with Gasteiger partial charge in [0.05, 0.1) is 7.11 Å². The van der Waals surface area contributed by atoms with Crippen LogP contribution in [0.15, 0.2) is 0 Å². The van der Waals surface area contributed by atoms with Gasteiger partial charge in [0.25, 0.3) is 0 Å². The van der Waals surface area contributed by atoms with Crippen LogP contribution in [0.4, 0.5) is 0 Å². The van der Waals surface area contributed by atoms with Gasteiger partial charge in [-0.1, -0.05) is 35.2 Å². The van der Waals surface area contributed by atoms with Crippen LogP contribution in [-0.4, -0.2) is 30.5 Å². The van der Waals surface area contributed by atoms with Crippen molar-refractivity contribution < 1.29 is 9.63 Å². The maximum atomic E-state index is 11.3. The summed E-state index contributed by atoms with van der Waals surface area (Å²) < 4.78 is 0. The maximum absolute atomic E-state index is 11.3. The first-order valence-electron chi connectivity index (χ1n) is 5.09. The zero-order chi connectivity index (χ0) is 10.8. The third kappa shape index (κ3) is 7.33. The number of hydrogen-bond donors (Lipinski definition) is 0. The number of alkyl halides is 1. The fourth-order valence-electron chi connectivity index (χ4n) is 1.16. The summed E-state index contributed by atoms with van der Waals surface area (Å²) in [5.41, 5.74) is 0. The Morgan fingerprint density at radius 1 is 1.21 bits per heavy atom. The van der Waals surface area contributed by atoms with E-state index in [1.807, 2.05) is 0 Å². The molecule has 0 aliphatic rings. The van der Waals surface area contributed by atoms with Gasteiger partial charge in [-0.25, -0.2) is 5.06 Å². The Morgan fingerprint density at radius 3 is 2.36 bits per heavy atom. The zero-order valence-electron chi connectivity index (χ0n) is 9.09. The molecular weight excluding hydrogens is 246 g/mol. The largest absolute Gasteiger partial charge is 0.275 e. The third-order valence-corrected chi connectivity index (χ3v) is 2.71. The normalized spacial score (nSPS) is 10.2. The van der Waals surface area contributed by atoms with Crippen LogP contribution in [0.2, 0.25) is 0 Å². The third-order valence-electron chi connectivity index (χ3n) is 2.15. The Hall–Kier alpha value is -0.0900. The van der Waals surface area contributed by atoms with Crippen LogP contribution in [0.3, 0.4) is 0 Å². The van der Waals surface area contributed by atoms with E-state index in [1.165, 1.54) is 31.4 Å². The number of halogens is 1. The van der Waals surface area contributed by atoms with Crippen LogP contribution < -0.4 is 0 Å². The summed E-state index contributed by atoms with van der Waals surface area (Å²) in [5.74, 6) is 0.0630. The van der Waals surface area contributed by atoms with Gasteiger partial charge in [-0.15, -0.1) is 0 Å².